The van der Waals surface area contributed by atoms with Crippen LogP contribution in [0.15, 0.2) is 24.3 Å². The molecule has 4 amide bonds. The Balaban J connectivity index is 1.80. The number of amides is 4. The van der Waals surface area contributed by atoms with Gasteiger partial charge in [0.15, 0.2) is 6.17 Å². The summed E-state index contributed by atoms with van der Waals surface area (Å²) in [6, 6.07) is 6.20. The van der Waals surface area contributed by atoms with Crippen molar-refractivity contribution < 1.29 is 29.0 Å². The predicted molar refractivity (Wildman–Crippen MR) is 125 cm³/mol. The lowest BCUT2D eigenvalue weighted by Gasteiger charge is -2.34. The first-order valence-corrected chi connectivity index (χ1v) is 11.7. The molecule has 3 N–H and O–H groups in total. The van der Waals surface area contributed by atoms with Gasteiger partial charge in [0.25, 0.3) is 11.8 Å². The number of ether oxygens (including phenoxy) is 1. The van der Waals surface area contributed by atoms with E-state index in [9.17, 15) is 24.3 Å². The number of carbonyl (C=O) groups is 4. The maximum absolute atomic E-state index is 13.5. The number of carboxylic acids is 1. The van der Waals surface area contributed by atoms with Crippen LogP contribution in [-0.4, -0.2) is 77.7 Å². The van der Waals surface area contributed by atoms with Crippen molar-refractivity contribution in [2.75, 3.05) is 32.1 Å². The quantitative estimate of drug-likeness (QED) is 0.530. The number of carboxylic acid groups (broad SMARTS) is 1. The van der Waals surface area contributed by atoms with E-state index in [4.69, 9.17) is 4.74 Å². The Hall–Kier alpha value is -3.14. The third-order valence-electron chi connectivity index (χ3n) is 6.47. The molecule has 1 saturated heterocycles. The average molecular weight is 475 g/mol. The average Bonchev–Trinajstić information content (AvgIpc) is 3.25. The highest BCUT2D eigenvalue weighted by molar-refractivity contribution is 5.96. The Morgan fingerprint density at radius 1 is 1.12 bits per heavy atom. The van der Waals surface area contributed by atoms with E-state index in [0.717, 1.165) is 37.7 Å². The van der Waals surface area contributed by atoms with Crippen LogP contribution in [0.3, 0.4) is 0 Å². The first-order valence-electron chi connectivity index (χ1n) is 11.7. The third-order valence-corrected chi connectivity index (χ3v) is 6.47. The van der Waals surface area contributed by atoms with Gasteiger partial charge in [0, 0.05) is 31.9 Å². The molecule has 1 aliphatic heterocycles. The number of nitrogens with zero attached hydrogens (tertiary/aromatic N) is 2. The van der Waals surface area contributed by atoms with Gasteiger partial charge in [-0.25, -0.2) is 4.79 Å². The number of rotatable bonds is 8. The van der Waals surface area contributed by atoms with Crippen LogP contribution in [0.4, 0.5) is 10.5 Å². The van der Waals surface area contributed by atoms with Gasteiger partial charge in [0.2, 0.25) is 0 Å². The highest BCUT2D eigenvalue weighted by atomic mass is 16.5. The van der Waals surface area contributed by atoms with Crippen LogP contribution in [0.1, 0.15) is 44.1 Å². The molecule has 2 unspecified atom stereocenters. The van der Waals surface area contributed by atoms with E-state index in [1.54, 1.807) is 6.07 Å². The molecule has 1 aliphatic carbocycles. The van der Waals surface area contributed by atoms with E-state index in [2.05, 4.69) is 10.6 Å². The summed E-state index contributed by atoms with van der Waals surface area (Å²) in [6.07, 6.45) is 3.36. The first kappa shape index (κ1) is 25.5. The number of benzene rings is 1. The molecule has 10 nitrogen and oxygen atoms in total. The monoisotopic (exact) mass is 474 g/mol. The molecule has 0 radical (unpaired) electrons. The lowest BCUT2D eigenvalue weighted by molar-refractivity contribution is -0.145. The number of nitrogens with one attached hydrogen (secondary N) is 2. The zero-order valence-corrected chi connectivity index (χ0v) is 19.8. The van der Waals surface area contributed by atoms with Crippen LogP contribution in [0.25, 0.3) is 0 Å². The highest BCUT2D eigenvalue weighted by Gasteiger charge is 2.43. The van der Waals surface area contributed by atoms with Crippen molar-refractivity contribution in [1.29, 1.82) is 0 Å². The second-order valence-electron chi connectivity index (χ2n) is 9.00. The molecule has 34 heavy (non-hydrogen) atoms. The fourth-order valence-corrected chi connectivity index (χ4v) is 4.83. The molecule has 0 spiro atoms. The Morgan fingerprint density at radius 3 is 2.47 bits per heavy atom. The third kappa shape index (κ3) is 6.47. The van der Waals surface area contributed by atoms with Gasteiger partial charge in [-0.2, -0.15) is 0 Å². The van der Waals surface area contributed by atoms with Gasteiger partial charge in [0.1, 0.15) is 6.61 Å². The lowest BCUT2D eigenvalue weighted by Crippen LogP contribution is -2.57. The van der Waals surface area contributed by atoms with Crippen LogP contribution in [-0.2, 0) is 19.1 Å². The molecule has 0 aromatic heterocycles. The van der Waals surface area contributed by atoms with E-state index in [0.29, 0.717) is 5.69 Å². The minimum atomic E-state index is -1.19. The van der Waals surface area contributed by atoms with Crippen LogP contribution in [0.2, 0.25) is 0 Å². The van der Waals surface area contributed by atoms with Crippen LogP contribution in [0.5, 0.6) is 0 Å². The predicted octanol–water partition coefficient (Wildman–Crippen LogP) is 2.18. The smallest absolute Gasteiger partial charge is 0.323 e. The van der Waals surface area contributed by atoms with Crippen molar-refractivity contribution in [2.24, 2.45) is 5.92 Å². The second kappa shape index (κ2) is 11.8. The van der Waals surface area contributed by atoms with Gasteiger partial charge in [-0.1, -0.05) is 31.4 Å². The molecule has 2 fully saturated rings. The number of aliphatic carboxylic acids is 1. The zero-order valence-electron chi connectivity index (χ0n) is 19.8. The van der Waals surface area contributed by atoms with Crippen molar-refractivity contribution in [3.8, 4) is 0 Å². The topological polar surface area (TPSA) is 128 Å². The molecular formula is C24H34N4O6. The SMILES string of the molecule is COCC(=O)N1CCN(C(=O)Nc2cccc(C)c2)C1C(=O)NC(CC(=O)O)C1CCCCC1. The summed E-state index contributed by atoms with van der Waals surface area (Å²) in [5, 5.41) is 15.1. The Morgan fingerprint density at radius 2 is 1.82 bits per heavy atom. The minimum absolute atomic E-state index is 0.0490. The van der Waals surface area contributed by atoms with Gasteiger partial charge in [-0.15, -0.1) is 0 Å². The van der Waals surface area contributed by atoms with Gasteiger partial charge in [0.05, 0.1) is 6.42 Å². The Kier molecular flexibility index (Phi) is 8.86. The molecule has 1 aromatic carbocycles. The fourth-order valence-electron chi connectivity index (χ4n) is 4.83. The lowest BCUT2D eigenvalue weighted by atomic mass is 9.82. The summed E-state index contributed by atoms with van der Waals surface area (Å²) in [5.41, 5.74) is 1.55. The van der Waals surface area contributed by atoms with Crippen molar-refractivity contribution in [2.45, 2.75) is 57.7 Å². The van der Waals surface area contributed by atoms with E-state index < -0.39 is 36.0 Å². The number of hydrogen-bond acceptors (Lipinski definition) is 5. The van der Waals surface area contributed by atoms with Crippen molar-refractivity contribution in [3.63, 3.8) is 0 Å². The van der Waals surface area contributed by atoms with E-state index in [-0.39, 0.29) is 32.0 Å². The van der Waals surface area contributed by atoms with Crippen LogP contribution < -0.4 is 10.6 Å². The molecule has 1 heterocycles. The van der Waals surface area contributed by atoms with Crippen molar-refractivity contribution in [1.82, 2.24) is 15.1 Å². The van der Waals surface area contributed by atoms with Crippen molar-refractivity contribution in [3.05, 3.63) is 29.8 Å². The number of carbonyl (C=O) groups excluding carboxylic acids is 3. The Bertz CT molecular complexity index is 901. The number of methoxy groups -OCH3 is 1. The van der Waals surface area contributed by atoms with E-state index >= 15 is 0 Å². The summed E-state index contributed by atoms with van der Waals surface area (Å²) in [4.78, 5) is 53.4. The molecule has 10 heteroatoms. The zero-order chi connectivity index (χ0) is 24.7. The molecule has 1 saturated carbocycles. The molecular weight excluding hydrogens is 440 g/mol. The number of anilines is 1. The normalized spacial score (nSPS) is 19.5. The van der Waals surface area contributed by atoms with Crippen molar-refractivity contribution >= 4 is 29.5 Å². The summed E-state index contributed by atoms with van der Waals surface area (Å²) in [7, 11) is 1.39. The summed E-state index contributed by atoms with van der Waals surface area (Å²) >= 11 is 0. The maximum Gasteiger partial charge on any atom is 0.323 e. The maximum atomic E-state index is 13.5. The highest BCUT2D eigenvalue weighted by Crippen LogP contribution is 2.28. The molecule has 0 bridgehead atoms. The molecule has 2 atom stereocenters. The van der Waals surface area contributed by atoms with E-state index in [1.165, 1.54) is 16.9 Å². The molecule has 186 valence electrons. The largest absolute Gasteiger partial charge is 0.481 e. The van der Waals surface area contributed by atoms with Gasteiger partial charge < -0.3 is 25.4 Å². The number of urea groups is 1. The summed E-state index contributed by atoms with van der Waals surface area (Å²) in [6.45, 7) is 2.02. The fraction of sp³-hybridized carbons (Fsp3) is 0.583. The van der Waals surface area contributed by atoms with Crippen LogP contribution >= 0.6 is 0 Å². The molecule has 3 rings (SSSR count). The van der Waals surface area contributed by atoms with Gasteiger partial charge >= 0.3 is 12.0 Å². The molecule has 1 aromatic rings. The van der Waals surface area contributed by atoms with E-state index in [1.807, 2.05) is 25.1 Å². The summed E-state index contributed by atoms with van der Waals surface area (Å²) < 4.78 is 4.96. The minimum Gasteiger partial charge on any atom is -0.481 e. The first-order chi connectivity index (χ1) is 16.3. The number of aryl methyl sites for hydroxylation is 1. The second-order valence-corrected chi connectivity index (χ2v) is 9.00. The van der Waals surface area contributed by atoms with Gasteiger partial charge in [-0.3, -0.25) is 19.3 Å². The van der Waals surface area contributed by atoms with Gasteiger partial charge in [-0.05, 0) is 43.4 Å². The summed E-state index contributed by atoms with van der Waals surface area (Å²) in [5.74, 6) is -1.92. The molecule has 2 aliphatic rings. The standard InChI is InChI=1S/C24H34N4O6/c1-16-7-6-10-18(13-16)25-24(33)28-12-11-27(20(29)15-34-2)23(28)22(32)26-19(14-21(30)31)17-8-4-3-5-9-17/h6-7,10,13,17,19,23H,3-5,8-9,11-12,14-15H2,1-2H3,(H,25,33)(H,26,32)(H,30,31). The number of hydrogen-bond donors (Lipinski definition) is 3. The Labute approximate surface area is 199 Å². The van der Waals surface area contributed by atoms with Crippen LogP contribution in [0, 0.1) is 12.8 Å².